The molecule has 1 aromatic rings. The molecule has 0 atom stereocenters. The summed E-state index contributed by atoms with van der Waals surface area (Å²) in [6.07, 6.45) is 1.93. The van der Waals surface area contributed by atoms with Crippen molar-refractivity contribution in [3.05, 3.63) is 12.1 Å². The maximum absolute atomic E-state index is 12.5. The maximum Gasteiger partial charge on any atom is 0.282 e. The van der Waals surface area contributed by atoms with E-state index in [1.165, 1.54) is 0 Å². The van der Waals surface area contributed by atoms with Crippen molar-refractivity contribution in [1.82, 2.24) is 18.8 Å². The topological polar surface area (TPSA) is 81.7 Å². The highest BCUT2D eigenvalue weighted by molar-refractivity contribution is 7.86. The van der Waals surface area contributed by atoms with Crippen LogP contribution in [0.15, 0.2) is 12.1 Å². The van der Waals surface area contributed by atoms with Crippen LogP contribution in [0.2, 0.25) is 0 Å². The molecule has 8 nitrogen and oxygen atoms in total. The fraction of sp³-hybridized carbons (Fsp3) is 0.714. The minimum atomic E-state index is -3.29. The molecule has 1 aromatic heterocycles. The average molecular weight is 340 g/mol. The fourth-order valence-corrected chi connectivity index (χ4v) is 4.67. The normalized spacial score (nSPS) is 20.8. The van der Waals surface area contributed by atoms with E-state index in [-0.39, 0.29) is 0 Å². The van der Waals surface area contributed by atoms with E-state index in [9.17, 15) is 8.42 Å². The molecule has 9 heteroatoms. The van der Waals surface area contributed by atoms with Crippen molar-refractivity contribution in [2.24, 2.45) is 0 Å². The van der Waals surface area contributed by atoms with Crippen LogP contribution in [0.4, 0.5) is 11.6 Å². The molecule has 3 heterocycles. The molecule has 1 N–H and O–H groups in total. The first kappa shape index (κ1) is 16.4. The highest BCUT2D eigenvalue weighted by Gasteiger charge is 2.33. The predicted molar refractivity (Wildman–Crippen MR) is 89.7 cm³/mol. The lowest BCUT2D eigenvalue weighted by Gasteiger charge is -2.36. The van der Waals surface area contributed by atoms with E-state index in [0.29, 0.717) is 39.3 Å². The zero-order valence-electron chi connectivity index (χ0n) is 13.5. The summed E-state index contributed by atoms with van der Waals surface area (Å²) in [5, 5.41) is 11.5. The van der Waals surface area contributed by atoms with Gasteiger partial charge in [-0.05, 0) is 31.9 Å². The van der Waals surface area contributed by atoms with Crippen molar-refractivity contribution in [3.63, 3.8) is 0 Å². The molecule has 0 spiro atoms. The standard InChI is InChI=1S/C14H24N6O2S/c1-2-15-13-5-6-14(17-16-13)18-9-11-20(12-10-18)23(21,22)19-7-3-4-8-19/h5-6H,2-4,7-12H2,1H3,(H,15,16). The van der Waals surface area contributed by atoms with Crippen molar-refractivity contribution >= 4 is 21.8 Å². The van der Waals surface area contributed by atoms with Gasteiger partial charge >= 0.3 is 0 Å². The first-order valence-electron chi connectivity index (χ1n) is 8.19. The largest absolute Gasteiger partial charge is 0.369 e. The molecule has 128 valence electrons. The second kappa shape index (κ2) is 6.98. The van der Waals surface area contributed by atoms with E-state index in [0.717, 1.165) is 31.0 Å². The summed E-state index contributed by atoms with van der Waals surface area (Å²) in [4.78, 5) is 2.08. The first-order valence-corrected chi connectivity index (χ1v) is 9.58. The van der Waals surface area contributed by atoms with Gasteiger partial charge < -0.3 is 10.2 Å². The zero-order valence-corrected chi connectivity index (χ0v) is 14.3. The molecule has 0 saturated carbocycles. The Bertz CT molecular complexity index is 607. The molecule has 2 fully saturated rings. The molecule has 0 amide bonds. The third-order valence-corrected chi connectivity index (χ3v) is 6.32. The van der Waals surface area contributed by atoms with Gasteiger partial charge in [0.25, 0.3) is 10.2 Å². The van der Waals surface area contributed by atoms with E-state index in [1.54, 1.807) is 8.61 Å². The van der Waals surface area contributed by atoms with Crippen LogP contribution in [0.25, 0.3) is 0 Å². The highest BCUT2D eigenvalue weighted by Crippen LogP contribution is 2.20. The monoisotopic (exact) mass is 340 g/mol. The summed E-state index contributed by atoms with van der Waals surface area (Å²) in [6, 6.07) is 3.83. The number of nitrogens with one attached hydrogen (secondary N) is 1. The van der Waals surface area contributed by atoms with Crippen LogP contribution < -0.4 is 10.2 Å². The van der Waals surface area contributed by atoms with Gasteiger partial charge in [-0.3, -0.25) is 0 Å². The first-order chi connectivity index (χ1) is 11.1. The number of piperazine rings is 1. The maximum atomic E-state index is 12.5. The Kier molecular flexibility index (Phi) is 4.98. The van der Waals surface area contributed by atoms with Crippen molar-refractivity contribution in [1.29, 1.82) is 0 Å². The van der Waals surface area contributed by atoms with E-state index in [4.69, 9.17) is 0 Å². The van der Waals surface area contributed by atoms with Crippen molar-refractivity contribution < 1.29 is 8.42 Å². The van der Waals surface area contributed by atoms with E-state index in [2.05, 4.69) is 20.4 Å². The molecule has 2 aliphatic rings. The Labute approximate surface area is 137 Å². The predicted octanol–water partition coefficient (Wildman–Crippen LogP) is 0.371. The molecule has 2 saturated heterocycles. The Morgan fingerprint density at radius 1 is 1.00 bits per heavy atom. The number of hydrogen-bond acceptors (Lipinski definition) is 6. The van der Waals surface area contributed by atoms with Crippen LogP contribution in [0.1, 0.15) is 19.8 Å². The molecule has 0 aromatic carbocycles. The number of hydrogen-bond donors (Lipinski definition) is 1. The molecule has 0 bridgehead atoms. The third kappa shape index (κ3) is 3.56. The number of nitrogens with zero attached hydrogens (tertiary/aromatic N) is 5. The summed E-state index contributed by atoms with van der Waals surface area (Å²) in [5.41, 5.74) is 0. The zero-order chi connectivity index (χ0) is 16.3. The van der Waals surface area contributed by atoms with Gasteiger partial charge in [-0.15, -0.1) is 10.2 Å². The average Bonchev–Trinajstić information content (AvgIpc) is 3.11. The van der Waals surface area contributed by atoms with Crippen LogP contribution in [0, 0.1) is 0 Å². The van der Waals surface area contributed by atoms with Crippen molar-refractivity contribution in [3.8, 4) is 0 Å². The third-order valence-electron chi connectivity index (χ3n) is 4.29. The quantitative estimate of drug-likeness (QED) is 0.834. The molecule has 0 aliphatic carbocycles. The lowest BCUT2D eigenvalue weighted by Crippen LogP contribution is -2.52. The van der Waals surface area contributed by atoms with E-state index < -0.39 is 10.2 Å². The van der Waals surface area contributed by atoms with Gasteiger partial charge in [0.15, 0.2) is 5.82 Å². The second-order valence-electron chi connectivity index (χ2n) is 5.81. The smallest absolute Gasteiger partial charge is 0.282 e. The summed E-state index contributed by atoms with van der Waals surface area (Å²) in [5.74, 6) is 1.55. The summed E-state index contributed by atoms with van der Waals surface area (Å²) < 4.78 is 28.3. The SMILES string of the molecule is CCNc1ccc(N2CCN(S(=O)(=O)N3CCCC3)CC2)nn1. The van der Waals surface area contributed by atoms with Crippen molar-refractivity contribution in [2.75, 3.05) is 56.0 Å². The number of aromatic nitrogens is 2. The number of rotatable bonds is 5. The Balaban J connectivity index is 1.59. The van der Waals surface area contributed by atoms with Gasteiger partial charge in [0.1, 0.15) is 5.82 Å². The van der Waals surface area contributed by atoms with Gasteiger partial charge in [0.05, 0.1) is 0 Å². The fourth-order valence-electron chi connectivity index (χ4n) is 3.00. The Morgan fingerprint density at radius 3 is 2.22 bits per heavy atom. The lowest BCUT2D eigenvalue weighted by atomic mass is 10.3. The summed E-state index contributed by atoms with van der Waals surface area (Å²) in [6.45, 7) is 6.39. The molecule has 0 radical (unpaired) electrons. The van der Waals surface area contributed by atoms with E-state index in [1.807, 2.05) is 19.1 Å². The van der Waals surface area contributed by atoms with Gasteiger partial charge in [0, 0.05) is 45.8 Å². The van der Waals surface area contributed by atoms with Crippen LogP contribution in [-0.2, 0) is 10.2 Å². The van der Waals surface area contributed by atoms with E-state index >= 15 is 0 Å². The Morgan fingerprint density at radius 2 is 1.65 bits per heavy atom. The lowest BCUT2D eigenvalue weighted by molar-refractivity contribution is 0.343. The van der Waals surface area contributed by atoms with Crippen LogP contribution in [0.3, 0.4) is 0 Å². The van der Waals surface area contributed by atoms with Gasteiger partial charge in [0.2, 0.25) is 0 Å². The molecule has 3 rings (SSSR count). The van der Waals surface area contributed by atoms with Crippen molar-refractivity contribution in [2.45, 2.75) is 19.8 Å². The van der Waals surface area contributed by atoms with Gasteiger partial charge in [-0.25, -0.2) is 0 Å². The molecule has 0 unspecified atom stereocenters. The summed E-state index contributed by atoms with van der Waals surface area (Å²) in [7, 11) is -3.29. The summed E-state index contributed by atoms with van der Waals surface area (Å²) >= 11 is 0. The minimum Gasteiger partial charge on any atom is -0.369 e. The van der Waals surface area contributed by atoms with Gasteiger partial charge in [-0.2, -0.15) is 17.0 Å². The Hall–Kier alpha value is -1.45. The molecular weight excluding hydrogens is 316 g/mol. The highest BCUT2D eigenvalue weighted by atomic mass is 32.2. The van der Waals surface area contributed by atoms with Gasteiger partial charge in [-0.1, -0.05) is 0 Å². The van der Waals surface area contributed by atoms with Crippen LogP contribution >= 0.6 is 0 Å². The van der Waals surface area contributed by atoms with Crippen LogP contribution in [-0.4, -0.2) is 73.0 Å². The minimum absolute atomic E-state index is 0.496. The van der Waals surface area contributed by atoms with Crippen LogP contribution in [0.5, 0.6) is 0 Å². The molecular formula is C14H24N6O2S. The second-order valence-corrected chi connectivity index (χ2v) is 7.74. The molecule has 23 heavy (non-hydrogen) atoms. The molecule has 2 aliphatic heterocycles. The number of anilines is 2.